The van der Waals surface area contributed by atoms with Crippen molar-refractivity contribution < 1.29 is 13.2 Å². The molecule has 0 saturated heterocycles. The van der Waals surface area contributed by atoms with Crippen LogP contribution in [0.25, 0.3) is 0 Å². The van der Waals surface area contributed by atoms with Crippen molar-refractivity contribution in [1.29, 1.82) is 0 Å². The van der Waals surface area contributed by atoms with Gasteiger partial charge in [-0.05, 0) is 35.7 Å². The number of amides is 1. The minimum Gasteiger partial charge on any atom is -0.362 e. The summed E-state index contributed by atoms with van der Waals surface area (Å²) in [5.41, 5.74) is 0.435. The molecule has 1 atom stereocenters. The molecule has 0 aliphatic heterocycles. The zero-order chi connectivity index (χ0) is 18.0. The molecule has 24 heavy (non-hydrogen) atoms. The lowest BCUT2D eigenvalue weighted by atomic mass is 10.3. The van der Waals surface area contributed by atoms with Crippen molar-refractivity contribution >= 4 is 67.8 Å². The number of rotatable bonds is 5. The third kappa shape index (κ3) is 5.23. The average Bonchev–Trinajstić information content (AvgIpc) is 2.99. The highest BCUT2D eigenvalue weighted by atomic mass is 35.6. The van der Waals surface area contributed by atoms with Gasteiger partial charge < -0.3 is 10.6 Å². The average molecular weight is 429 g/mol. The molecule has 0 fully saturated rings. The normalized spacial score (nSPS) is 13.3. The number of carbonyl (C=O) groups excluding carboxylic acids is 1. The lowest BCUT2D eigenvalue weighted by Gasteiger charge is -2.27. The predicted octanol–water partition coefficient (Wildman–Crippen LogP) is 2.93. The van der Waals surface area contributed by atoms with E-state index in [9.17, 15) is 13.2 Å². The summed E-state index contributed by atoms with van der Waals surface area (Å²) in [6, 6.07) is 8.85. The van der Waals surface area contributed by atoms with Crippen molar-refractivity contribution in [2.45, 2.75) is 14.9 Å². The highest BCUT2D eigenvalue weighted by Crippen LogP contribution is 2.31. The number of hydrogen-bond acceptors (Lipinski definition) is 5. The molecule has 1 aromatic carbocycles. The number of benzene rings is 1. The van der Waals surface area contributed by atoms with E-state index in [2.05, 4.69) is 10.6 Å². The monoisotopic (exact) mass is 427 g/mol. The molecule has 11 heteroatoms. The van der Waals surface area contributed by atoms with Gasteiger partial charge in [-0.25, -0.2) is 13.6 Å². The molecule has 0 radical (unpaired) electrons. The Kier molecular flexibility index (Phi) is 6.00. The van der Waals surface area contributed by atoms with Crippen LogP contribution in [-0.4, -0.2) is 24.3 Å². The second-order valence-electron chi connectivity index (χ2n) is 4.64. The van der Waals surface area contributed by atoms with E-state index >= 15 is 0 Å². The van der Waals surface area contributed by atoms with Crippen LogP contribution in [0.2, 0.25) is 0 Å². The quantitative estimate of drug-likeness (QED) is 0.503. The topological polar surface area (TPSA) is 101 Å². The molecule has 0 aliphatic rings. The summed E-state index contributed by atoms with van der Waals surface area (Å²) >= 11 is 18.9. The van der Waals surface area contributed by atoms with Gasteiger partial charge in [-0.15, -0.1) is 11.3 Å². The van der Waals surface area contributed by atoms with E-state index in [4.69, 9.17) is 39.9 Å². The zero-order valence-electron chi connectivity index (χ0n) is 11.9. The first-order valence-electron chi connectivity index (χ1n) is 6.38. The highest BCUT2D eigenvalue weighted by Gasteiger charge is 2.34. The van der Waals surface area contributed by atoms with Crippen molar-refractivity contribution in [2.24, 2.45) is 5.14 Å². The van der Waals surface area contributed by atoms with Gasteiger partial charge in [0.05, 0.1) is 9.77 Å². The summed E-state index contributed by atoms with van der Waals surface area (Å²) < 4.78 is 20.6. The largest absolute Gasteiger partial charge is 0.362 e. The van der Waals surface area contributed by atoms with Crippen molar-refractivity contribution in [3.05, 3.63) is 46.7 Å². The minimum absolute atomic E-state index is 0.0545. The predicted molar refractivity (Wildman–Crippen MR) is 97.3 cm³/mol. The number of anilines is 1. The van der Waals surface area contributed by atoms with Crippen molar-refractivity contribution in [3.8, 4) is 0 Å². The van der Waals surface area contributed by atoms with Gasteiger partial charge in [-0.1, -0.05) is 40.9 Å². The summed E-state index contributed by atoms with van der Waals surface area (Å²) in [5, 5.41) is 12.2. The van der Waals surface area contributed by atoms with E-state index in [0.29, 0.717) is 10.6 Å². The molecule has 2 aromatic rings. The molecule has 1 amide bonds. The van der Waals surface area contributed by atoms with Crippen molar-refractivity contribution in [3.63, 3.8) is 0 Å². The molecule has 2 rings (SSSR count). The molecule has 6 nitrogen and oxygen atoms in total. The van der Waals surface area contributed by atoms with Gasteiger partial charge in [0.15, 0.2) is 0 Å². The van der Waals surface area contributed by atoms with Gasteiger partial charge in [0, 0.05) is 5.69 Å². The number of thiophene rings is 1. The number of alkyl halides is 3. The molecule has 1 aromatic heterocycles. The van der Waals surface area contributed by atoms with Crippen LogP contribution >= 0.6 is 46.1 Å². The molecule has 130 valence electrons. The summed E-state index contributed by atoms with van der Waals surface area (Å²) in [7, 11) is -3.80. The van der Waals surface area contributed by atoms with Crippen LogP contribution in [-0.2, 0) is 10.0 Å². The van der Waals surface area contributed by atoms with Gasteiger partial charge in [0.25, 0.3) is 5.91 Å². The lowest BCUT2D eigenvalue weighted by molar-refractivity contribution is 0.0946. The lowest BCUT2D eigenvalue weighted by Crippen LogP contribution is -2.48. The maximum atomic E-state index is 12.1. The number of carbonyl (C=O) groups is 1. The van der Waals surface area contributed by atoms with E-state index in [1.807, 2.05) is 0 Å². The first kappa shape index (κ1) is 19.3. The molecular weight excluding hydrogens is 417 g/mol. The third-order valence-electron chi connectivity index (χ3n) is 2.84. The Morgan fingerprint density at radius 1 is 1.17 bits per heavy atom. The van der Waals surface area contributed by atoms with Gasteiger partial charge in [-0.3, -0.25) is 4.79 Å². The van der Waals surface area contributed by atoms with Crippen LogP contribution < -0.4 is 15.8 Å². The first-order chi connectivity index (χ1) is 11.1. The van der Waals surface area contributed by atoms with Crippen LogP contribution in [0.5, 0.6) is 0 Å². The maximum Gasteiger partial charge on any atom is 0.263 e. The summed E-state index contributed by atoms with van der Waals surface area (Å²) in [5.74, 6) is -0.407. The van der Waals surface area contributed by atoms with Crippen LogP contribution in [0, 0.1) is 0 Å². The van der Waals surface area contributed by atoms with Gasteiger partial charge in [0.1, 0.15) is 6.17 Å². The molecule has 4 N–H and O–H groups in total. The number of primary sulfonamides is 1. The van der Waals surface area contributed by atoms with Crippen LogP contribution in [0.4, 0.5) is 5.69 Å². The third-order valence-corrected chi connectivity index (χ3v) is 5.29. The van der Waals surface area contributed by atoms with E-state index in [0.717, 1.165) is 0 Å². The van der Waals surface area contributed by atoms with E-state index < -0.39 is 25.9 Å². The fraction of sp³-hybridized carbons (Fsp3) is 0.154. The number of halogens is 3. The molecule has 0 aliphatic carbocycles. The highest BCUT2D eigenvalue weighted by molar-refractivity contribution is 7.89. The number of nitrogens with one attached hydrogen (secondary N) is 2. The van der Waals surface area contributed by atoms with Gasteiger partial charge in [-0.2, -0.15) is 0 Å². The number of sulfonamides is 1. The van der Waals surface area contributed by atoms with Gasteiger partial charge in [0.2, 0.25) is 13.8 Å². The van der Waals surface area contributed by atoms with E-state index in [1.54, 1.807) is 17.5 Å². The smallest absolute Gasteiger partial charge is 0.263 e. The fourth-order valence-corrected chi connectivity index (χ4v) is 3.19. The molecule has 0 bridgehead atoms. The second kappa shape index (κ2) is 7.47. The summed E-state index contributed by atoms with van der Waals surface area (Å²) in [6.45, 7) is 0. The van der Waals surface area contributed by atoms with Crippen molar-refractivity contribution in [2.75, 3.05) is 5.32 Å². The number of nitrogens with two attached hydrogens (primary N) is 1. The van der Waals surface area contributed by atoms with Crippen LogP contribution in [0.1, 0.15) is 9.67 Å². The van der Waals surface area contributed by atoms with Crippen LogP contribution in [0.15, 0.2) is 46.7 Å². The second-order valence-corrected chi connectivity index (χ2v) is 9.52. The maximum absolute atomic E-state index is 12.1. The summed E-state index contributed by atoms with van der Waals surface area (Å²) in [4.78, 5) is 12.5. The van der Waals surface area contributed by atoms with Crippen LogP contribution in [0.3, 0.4) is 0 Å². The standard InChI is InChI=1S/C13H12Cl3N3O3S2/c14-13(15,16)12(19-11(20)10-2-1-7-23-10)18-8-3-5-9(6-4-8)24(17,21)22/h1-7,12,18H,(H,19,20)(H2,17,21,22)/t12-/m1/s1. The van der Waals surface area contributed by atoms with E-state index in [1.165, 1.54) is 35.6 Å². The van der Waals surface area contributed by atoms with E-state index in [-0.39, 0.29) is 4.90 Å². The Bertz CT molecular complexity index is 803. The zero-order valence-corrected chi connectivity index (χ0v) is 15.8. The number of hydrogen-bond donors (Lipinski definition) is 3. The van der Waals surface area contributed by atoms with Gasteiger partial charge >= 0.3 is 0 Å². The van der Waals surface area contributed by atoms with Crippen molar-refractivity contribution in [1.82, 2.24) is 5.32 Å². The Morgan fingerprint density at radius 2 is 1.79 bits per heavy atom. The fourth-order valence-electron chi connectivity index (χ4n) is 1.72. The summed E-state index contributed by atoms with van der Waals surface area (Å²) in [6.07, 6.45) is -1.04. The first-order valence-corrected chi connectivity index (χ1v) is 9.94. The SMILES string of the molecule is NS(=O)(=O)c1ccc(N[C@H](NC(=O)c2cccs2)C(Cl)(Cl)Cl)cc1. The Morgan fingerprint density at radius 3 is 2.25 bits per heavy atom. The molecule has 0 saturated carbocycles. The molecule has 1 heterocycles. The Labute approximate surface area is 157 Å². The molecular formula is C13H12Cl3N3O3S2. The Balaban J connectivity index is 2.16. The Hall–Kier alpha value is -1.03. The minimum atomic E-state index is -3.80. The molecule has 0 spiro atoms. The molecule has 0 unspecified atom stereocenters.